The first-order chi connectivity index (χ1) is 15.6. The SMILES string of the molecule is CN(C(=O)CCCCCCCCC(=O)N(C)C(=O)OCC[N+](C)(C)C)C(=O)OCC[N+](C)(C)C. The molecule has 0 rings (SSSR count). The minimum Gasteiger partial charge on any atom is -0.443 e. The van der Waals surface area contributed by atoms with E-state index in [1.54, 1.807) is 0 Å². The Hall–Kier alpha value is -2.20. The van der Waals surface area contributed by atoms with Crippen LogP contribution < -0.4 is 0 Å². The lowest BCUT2D eigenvalue weighted by atomic mass is 10.1. The Morgan fingerprint density at radius 2 is 0.853 bits per heavy atom. The number of nitrogens with zero attached hydrogens (tertiary/aromatic N) is 4. The van der Waals surface area contributed by atoms with Crippen molar-refractivity contribution in [3.8, 4) is 0 Å². The number of carbonyl (C=O) groups excluding carboxylic acids is 4. The molecule has 0 saturated heterocycles. The highest BCUT2D eigenvalue weighted by molar-refractivity contribution is 5.92. The second-order valence-electron chi connectivity index (χ2n) is 10.8. The van der Waals surface area contributed by atoms with Crippen LogP contribution in [-0.2, 0) is 19.1 Å². The molecule has 0 aromatic carbocycles. The minimum absolute atomic E-state index is 0.239. The van der Waals surface area contributed by atoms with Crippen molar-refractivity contribution in [1.29, 1.82) is 0 Å². The zero-order chi connectivity index (χ0) is 26.4. The second kappa shape index (κ2) is 15.7. The standard InChI is InChI=1S/C24H48N4O6/c1-25(23(31)33-19-17-27(3,4)5)21(29)15-13-11-9-10-12-14-16-22(30)26(2)24(32)34-20-18-28(6,7)8/h9-20H2,1-8H3/q+2. The van der Waals surface area contributed by atoms with E-state index >= 15 is 0 Å². The summed E-state index contributed by atoms with van der Waals surface area (Å²) in [7, 11) is 14.9. The molecular weight excluding hydrogens is 440 g/mol. The van der Waals surface area contributed by atoms with E-state index < -0.39 is 12.2 Å². The van der Waals surface area contributed by atoms with Gasteiger partial charge in [0.1, 0.15) is 26.3 Å². The molecule has 10 nitrogen and oxygen atoms in total. The number of rotatable bonds is 15. The number of likely N-dealkylation sites (N-methyl/N-ethyl adjacent to an activating group) is 2. The molecule has 0 fully saturated rings. The summed E-state index contributed by atoms with van der Waals surface area (Å²) in [6.45, 7) is 1.90. The van der Waals surface area contributed by atoms with Crippen molar-refractivity contribution >= 4 is 24.0 Å². The van der Waals surface area contributed by atoms with Crippen molar-refractivity contribution in [3.05, 3.63) is 0 Å². The molecule has 0 spiro atoms. The van der Waals surface area contributed by atoms with Crippen molar-refractivity contribution in [2.24, 2.45) is 0 Å². The van der Waals surface area contributed by atoms with E-state index in [4.69, 9.17) is 9.47 Å². The molecule has 198 valence electrons. The van der Waals surface area contributed by atoms with Gasteiger partial charge in [0, 0.05) is 26.9 Å². The van der Waals surface area contributed by atoms with Crippen LogP contribution in [0.15, 0.2) is 0 Å². The predicted molar refractivity (Wildman–Crippen MR) is 131 cm³/mol. The van der Waals surface area contributed by atoms with Gasteiger partial charge < -0.3 is 18.4 Å². The van der Waals surface area contributed by atoms with Crippen LogP contribution in [0.1, 0.15) is 51.4 Å². The van der Waals surface area contributed by atoms with Gasteiger partial charge in [-0.2, -0.15) is 0 Å². The number of unbranched alkanes of at least 4 members (excludes halogenated alkanes) is 5. The molecule has 0 aliphatic rings. The number of hydrogen-bond acceptors (Lipinski definition) is 6. The number of hydrogen-bond donors (Lipinski definition) is 0. The summed E-state index contributed by atoms with van der Waals surface area (Å²) in [5, 5.41) is 0. The number of amides is 4. The Bertz CT molecular complexity index is 599. The largest absolute Gasteiger partial charge is 0.443 e. The quantitative estimate of drug-likeness (QED) is 0.260. The lowest BCUT2D eigenvalue weighted by molar-refractivity contribution is -0.870. The number of quaternary nitrogens is 2. The monoisotopic (exact) mass is 488 g/mol. The molecule has 0 heterocycles. The summed E-state index contributed by atoms with van der Waals surface area (Å²) < 4.78 is 11.7. The Kier molecular flexibility index (Phi) is 14.6. The summed E-state index contributed by atoms with van der Waals surface area (Å²) in [6.07, 6.45) is 4.46. The molecule has 0 N–H and O–H groups in total. The molecule has 0 atom stereocenters. The fraction of sp³-hybridized carbons (Fsp3) is 0.833. The Morgan fingerprint density at radius 3 is 1.15 bits per heavy atom. The van der Waals surface area contributed by atoms with Gasteiger partial charge in [-0.25, -0.2) is 9.59 Å². The zero-order valence-electron chi connectivity index (χ0n) is 22.7. The lowest BCUT2D eigenvalue weighted by Crippen LogP contribution is -2.40. The van der Waals surface area contributed by atoms with Crippen LogP contribution in [0.25, 0.3) is 0 Å². The maximum atomic E-state index is 12.1. The maximum Gasteiger partial charge on any atom is 0.416 e. The van der Waals surface area contributed by atoms with Crippen LogP contribution in [0.4, 0.5) is 9.59 Å². The highest BCUT2D eigenvalue weighted by Gasteiger charge is 2.20. The van der Waals surface area contributed by atoms with Gasteiger partial charge in [0.05, 0.1) is 42.3 Å². The average molecular weight is 489 g/mol. The molecule has 0 aliphatic carbocycles. The molecule has 0 aromatic heterocycles. The minimum atomic E-state index is -0.606. The van der Waals surface area contributed by atoms with Crippen LogP contribution in [-0.4, -0.2) is 125 Å². The topological polar surface area (TPSA) is 93.2 Å². The highest BCUT2D eigenvalue weighted by atomic mass is 16.6. The average Bonchev–Trinajstić information content (AvgIpc) is 2.71. The second-order valence-corrected chi connectivity index (χ2v) is 10.8. The molecule has 34 heavy (non-hydrogen) atoms. The summed E-state index contributed by atoms with van der Waals surface area (Å²) in [5.41, 5.74) is 0. The van der Waals surface area contributed by atoms with Crippen molar-refractivity contribution in [2.45, 2.75) is 51.4 Å². The van der Waals surface area contributed by atoms with Gasteiger partial charge in [-0.1, -0.05) is 25.7 Å². The van der Waals surface area contributed by atoms with Crippen LogP contribution in [0.5, 0.6) is 0 Å². The van der Waals surface area contributed by atoms with E-state index in [9.17, 15) is 19.2 Å². The fourth-order valence-corrected chi connectivity index (χ4v) is 2.81. The third-order valence-electron chi connectivity index (χ3n) is 5.30. The lowest BCUT2D eigenvalue weighted by Gasteiger charge is -2.24. The van der Waals surface area contributed by atoms with E-state index in [-0.39, 0.29) is 25.0 Å². The number of carbonyl (C=O) groups is 4. The molecule has 10 heteroatoms. The first kappa shape index (κ1) is 31.8. The summed E-state index contributed by atoms with van der Waals surface area (Å²) in [4.78, 5) is 50.2. The molecular formula is C24H48N4O6+2. The van der Waals surface area contributed by atoms with Gasteiger partial charge >= 0.3 is 12.2 Å². The number of imide groups is 2. The van der Waals surface area contributed by atoms with E-state index in [2.05, 4.69) is 0 Å². The normalized spacial score (nSPS) is 11.6. The Morgan fingerprint density at radius 1 is 0.559 bits per heavy atom. The zero-order valence-corrected chi connectivity index (χ0v) is 22.7. The smallest absolute Gasteiger partial charge is 0.416 e. The fourth-order valence-electron chi connectivity index (χ4n) is 2.81. The molecule has 0 bridgehead atoms. The van der Waals surface area contributed by atoms with Crippen LogP contribution >= 0.6 is 0 Å². The molecule has 0 unspecified atom stereocenters. The van der Waals surface area contributed by atoms with E-state index in [1.165, 1.54) is 14.1 Å². The highest BCUT2D eigenvalue weighted by Crippen LogP contribution is 2.11. The van der Waals surface area contributed by atoms with E-state index in [0.717, 1.165) is 35.5 Å². The summed E-state index contributed by atoms with van der Waals surface area (Å²) in [6, 6.07) is 0. The number of ether oxygens (including phenoxy) is 2. The van der Waals surface area contributed by atoms with Crippen molar-refractivity contribution in [3.63, 3.8) is 0 Å². The molecule has 0 aromatic rings. The third-order valence-corrected chi connectivity index (χ3v) is 5.30. The van der Waals surface area contributed by atoms with Crippen LogP contribution in [0.3, 0.4) is 0 Å². The molecule has 0 saturated carbocycles. The van der Waals surface area contributed by atoms with Gasteiger partial charge in [-0.15, -0.1) is 0 Å². The summed E-state index contributed by atoms with van der Waals surface area (Å²) in [5.74, 6) is -0.477. The first-order valence-electron chi connectivity index (χ1n) is 12.1. The third kappa shape index (κ3) is 16.4. The maximum absolute atomic E-state index is 12.1. The van der Waals surface area contributed by atoms with E-state index in [1.807, 2.05) is 42.3 Å². The predicted octanol–water partition coefficient (Wildman–Crippen LogP) is 2.71. The van der Waals surface area contributed by atoms with Gasteiger partial charge in [-0.05, 0) is 12.8 Å². The van der Waals surface area contributed by atoms with Gasteiger partial charge in [-0.3, -0.25) is 19.4 Å². The Balaban J connectivity index is 3.87. The van der Waals surface area contributed by atoms with E-state index in [0.29, 0.717) is 47.7 Å². The molecule has 0 radical (unpaired) electrons. The van der Waals surface area contributed by atoms with Crippen molar-refractivity contribution in [2.75, 3.05) is 82.7 Å². The Labute approximate surface area is 205 Å². The van der Waals surface area contributed by atoms with Gasteiger partial charge in [0.25, 0.3) is 0 Å². The van der Waals surface area contributed by atoms with Gasteiger partial charge in [0.2, 0.25) is 11.8 Å². The van der Waals surface area contributed by atoms with Gasteiger partial charge in [0.15, 0.2) is 0 Å². The van der Waals surface area contributed by atoms with Crippen LogP contribution in [0.2, 0.25) is 0 Å². The first-order valence-corrected chi connectivity index (χ1v) is 12.1. The molecule has 0 aliphatic heterocycles. The van der Waals surface area contributed by atoms with Crippen molar-refractivity contribution in [1.82, 2.24) is 9.80 Å². The molecule has 4 amide bonds. The van der Waals surface area contributed by atoms with Crippen LogP contribution in [0, 0.1) is 0 Å². The summed E-state index contributed by atoms with van der Waals surface area (Å²) >= 11 is 0. The van der Waals surface area contributed by atoms with Crippen molar-refractivity contribution < 1.29 is 37.6 Å².